The maximum Gasteiger partial charge on any atom is 0.251 e. The summed E-state index contributed by atoms with van der Waals surface area (Å²) in [5.41, 5.74) is 2.33. The highest BCUT2D eigenvalue weighted by molar-refractivity contribution is 5.94. The molecule has 2 N–H and O–H groups in total. The largest absolute Gasteiger partial charge is 0.344 e. The fourth-order valence-electron chi connectivity index (χ4n) is 2.17. The van der Waals surface area contributed by atoms with E-state index in [0.29, 0.717) is 11.4 Å². The van der Waals surface area contributed by atoms with Crippen LogP contribution in [0.2, 0.25) is 0 Å². The first kappa shape index (κ1) is 14.9. The maximum absolute atomic E-state index is 12.3. The van der Waals surface area contributed by atoms with Crippen molar-refractivity contribution in [3.63, 3.8) is 0 Å². The van der Waals surface area contributed by atoms with Gasteiger partial charge in [-0.05, 0) is 31.2 Å². The van der Waals surface area contributed by atoms with Gasteiger partial charge in [-0.25, -0.2) is 4.98 Å². The number of nitrogens with zero attached hydrogens (tertiary/aromatic N) is 5. The molecule has 0 spiro atoms. The summed E-state index contributed by atoms with van der Waals surface area (Å²) in [6.45, 7) is 3.80. The zero-order chi connectivity index (χ0) is 16.4. The molecule has 2 aromatic heterocycles. The predicted molar refractivity (Wildman–Crippen MR) is 83.4 cm³/mol. The number of nitrogens with one attached hydrogen (secondary N) is 2. The average Bonchev–Trinajstić information content (AvgIpc) is 3.16. The number of H-pyrrole nitrogens is 1. The maximum atomic E-state index is 12.3. The molecule has 2 heterocycles. The normalized spacial score (nSPS) is 12.1. The number of imidazole rings is 1. The van der Waals surface area contributed by atoms with Gasteiger partial charge in [0, 0.05) is 23.0 Å². The SMILES string of the molecule is Cc1cnc([C@H](C)NC(=O)c2ccc(-c3nnn(C)n3)cc2)[nH]1. The Bertz CT molecular complexity index is 818. The van der Waals surface area contributed by atoms with Crippen LogP contribution in [-0.2, 0) is 7.05 Å². The lowest BCUT2D eigenvalue weighted by molar-refractivity contribution is 0.0938. The first-order chi connectivity index (χ1) is 11.0. The Hall–Kier alpha value is -3.03. The number of carbonyl (C=O) groups is 1. The molecule has 118 valence electrons. The molecule has 0 radical (unpaired) electrons. The Balaban J connectivity index is 1.70. The Kier molecular flexibility index (Phi) is 3.88. The van der Waals surface area contributed by atoms with Gasteiger partial charge in [0.05, 0.1) is 13.1 Å². The first-order valence-electron chi connectivity index (χ1n) is 7.20. The summed E-state index contributed by atoms with van der Waals surface area (Å²) in [6.07, 6.45) is 1.74. The van der Waals surface area contributed by atoms with Crippen molar-refractivity contribution in [1.82, 2.24) is 35.5 Å². The molecule has 23 heavy (non-hydrogen) atoms. The third kappa shape index (κ3) is 3.25. The van der Waals surface area contributed by atoms with E-state index in [-0.39, 0.29) is 11.9 Å². The van der Waals surface area contributed by atoms with Crippen molar-refractivity contribution >= 4 is 5.91 Å². The Labute approximate surface area is 132 Å². The zero-order valence-corrected chi connectivity index (χ0v) is 13.1. The highest BCUT2D eigenvalue weighted by Crippen LogP contribution is 2.15. The average molecular weight is 311 g/mol. The number of aryl methyl sites for hydroxylation is 2. The molecule has 0 aliphatic carbocycles. The fourth-order valence-corrected chi connectivity index (χ4v) is 2.17. The van der Waals surface area contributed by atoms with Gasteiger partial charge in [0.25, 0.3) is 5.91 Å². The van der Waals surface area contributed by atoms with Gasteiger partial charge < -0.3 is 10.3 Å². The molecule has 0 aliphatic rings. The molecule has 0 saturated carbocycles. The van der Waals surface area contributed by atoms with E-state index < -0.39 is 0 Å². The van der Waals surface area contributed by atoms with Crippen molar-refractivity contribution < 1.29 is 4.79 Å². The summed E-state index contributed by atoms with van der Waals surface area (Å²) >= 11 is 0. The van der Waals surface area contributed by atoms with Crippen LogP contribution in [0.1, 0.15) is 34.8 Å². The summed E-state index contributed by atoms with van der Waals surface area (Å²) in [4.78, 5) is 21.0. The third-order valence-corrected chi connectivity index (χ3v) is 3.39. The molecule has 0 bridgehead atoms. The van der Waals surface area contributed by atoms with Gasteiger partial charge in [-0.15, -0.1) is 10.2 Å². The van der Waals surface area contributed by atoms with Gasteiger partial charge in [0.1, 0.15) is 5.82 Å². The number of tetrazole rings is 1. The van der Waals surface area contributed by atoms with Crippen LogP contribution in [-0.4, -0.2) is 36.1 Å². The van der Waals surface area contributed by atoms with Crippen LogP contribution in [0.4, 0.5) is 0 Å². The van der Waals surface area contributed by atoms with Gasteiger partial charge in [-0.2, -0.15) is 4.80 Å². The minimum atomic E-state index is -0.197. The van der Waals surface area contributed by atoms with E-state index >= 15 is 0 Å². The minimum absolute atomic E-state index is 0.162. The number of hydrogen-bond acceptors (Lipinski definition) is 5. The lowest BCUT2D eigenvalue weighted by Crippen LogP contribution is -2.27. The van der Waals surface area contributed by atoms with E-state index in [2.05, 4.69) is 30.7 Å². The Morgan fingerprint density at radius 2 is 2.04 bits per heavy atom. The summed E-state index contributed by atoms with van der Waals surface area (Å²) in [7, 11) is 1.70. The second-order valence-electron chi connectivity index (χ2n) is 5.33. The monoisotopic (exact) mass is 311 g/mol. The zero-order valence-electron chi connectivity index (χ0n) is 13.1. The van der Waals surface area contributed by atoms with Crippen molar-refractivity contribution in [3.05, 3.63) is 47.5 Å². The number of amides is 1. The number of aromatic amines is 1. The lowest BCUT2D eigenvalue weighted by Gasteiger charge is -2.11. The van der Waals surface area contributed by atoms with E-state index in [9.17, 15) is 4.79 Å². The van der Waals surface area contributed by atoms with Gasteiger partial charge >= 0.3 is 0 Å². The van der Waals surface area contributed by atoms with Crippen LogP contribution in [0.15, 0.2) is 30.5 Å². The molecular formula is C15H17N7O. The molecule has 8 heteroatoms. The highest BCUT2D eigenvalue weighted by atomic mass is 16.1. The summed E-state index contributed by atoms with van der Waals surface area (Å²) in [5, 5.41) is 14.8. The molecule has 0 saturated heterocycles. The minimum Gasteiger partial charge on any atom is -0.344 e. The van der Waals surface area contributed by atoms with Gasteiger partial charge in [0.15, 0.2) is 0 Å². The molecule has 3 aromatic rings. The molecule has 3 rings (SSSR count). The fraction of sp³-hybridized carbons (Fsp3) is 0.267. The molecule has 8 nitrogen and oxygen atoms in total. The van der Waals surface area contributed by atoms with Crippen molar-refractivity contribution in [1.29, 1.82) is 0 Å². The molecule has 0 fully saturated rings. The predicted octanol–water partition coefficient (Wildman–Crippen LogP) is 1.40. The standard InChI is InChI=1S/C15H17N7O/c1-9-8-16-13(17-9)10(2)18-15(23)12-6-4-11(5-7-12)14-19-21-22(3)20-14/h4-8,10H,1-3H3,(H,16,17)(H,18,23)/t10-/m0/s1. The highest BCUT2D eigenvalue weighted by Gasteiger charge is 2.14. The molecule has 1 aromatic carbocycles. The van der Waals surface area contributed by atoms with E-state index in [4.69, 9.17) is 0 Å². The summed E-state index contributed by atoms with van der Waals surface area (Å²) in [6, 6.07) is 6.88. The molecule has 0 aliphatic heterocycles. The van der Waals surface area contributed by atoms with Crippen LogP contribution < -0.4 is 5.32 Å². The van der Waals surface area contributed by atoms with Crippen molar-refractivity contribution in [3.8, 4) is 11.4 Å². The van der Waals surface area contributed by atoms with Crippen LogP contribution in [0.25, 0.3) is 11.4 Å². The van der Waals surface area contributed by atoms with E-state index in [1.807, 2.05) is 13.8 Å². The second-order valence-corrected chi connectivity index (χ2v) is 5.33. The van der Waals surface area contributed by atoms with E-state index in [0.717, 1.165) is 17.1 Å². The topological polar surface area (TPSA) is 101 Å². The van der Waals surface area contributed by atoms with Gasteiger partial charge in [0.2, 0.25) is 5.82 Å². The number of rotatable bonds is 4. The van der Waals surface area contributed by atoms with Crippen LogP contribution in [0.5, 0.6) is 0 Å². The molecule has 1 amide bonds. The number of benzene rings is 1. The Morgan fingerprint density at radius 3 is 2.61 bits per heavy atom. The molecular weight excluding hydrogens is 294 g/mol. The number of carbonyl (C=O) groups excluding carboxylic acids is 1. The van der Waals surface area contributed by atoms with E-state index in [1.165, 1.54) is 4.80 Å². The van der Waals surface area contributed by atoms with Crippen LogP contribution >= 0.6 is 0 Å². The van der Waals surface area contributed by atoms with Crippen molar-refractivity contribution in [2.24, 2.45) is 7.05 Å². The van der Waals surface area contributed by atoms with Crippen LogP contribution in [0.3, 0.4) is 0 Å². The molecule has 0 unspecified atom stereocenters. The molecule has 1 atom stereocenters. The third-order valence-electron chi connectivity index (χ3n) is 3.39. The summed E-state index contributed by atoms with van der Waals surface area (Å²) in [5.74, 6) is 1.10. The quantitative estimate of drug-likeness (QED) is 0.758. The second kappa shape index (κ2) is 5.99. The Morgan fingerprint density at radius 1 is 1.30 bits per heavy atom. The number of hydrogen-bond donors (Lipinski definition) is 2. The lowest BCUT2D eigenvalue weighted by atomic mass is 10.1. The van der Waals surface area contributed by atoms with Gasteiger partial charge in [-0.3, -0.25) is 4.79 Å². The van der Waals surface area contributed by atoms with Crippen LogP contribution in [0, 0.1) is 6.92 Å². The van der Waals surface area contributed by atoms with Crippen molar-refractivity contribution in [2.75, 3.05) is 0 Å². The van der Waals surface area contributed by atoms with Crippen molar-refractivity contribution in [2.45, 2.75) is 19.9 Å². The smallest absolute Gasteiger partial charge is 0.251 e. The van der Waals surface area contributed by atoms with Gasteiger partial charge in [-0.1, -0.05) is 12.1 Å². The summed E-state index contributed by atoms with van der Waals surface area (Å²) < 4.78 is 0. The first-order valence-corrected chi connectivity index (χ1v) is 7.20. The number of aromatic nitrogens is 6. The van der Waals surface area contributed by atoms with E-state index in [1.54, 1.807) is 37.5 Å².